The Kier molecular flexibility index (Phi) is 7.16. The molecular formula is C28H29F3N4O4. The summed E-state index contributed by atoms with van der Waals surface area (Å²) in [5.74, 6) is 1.52. The molecule has 5 rings (SSSR count). The van der Waals surface area contributed by atoms with Crippen molar-refractivity contribution < 1.29 is 27.4 Å². The number of hydrogen-bond acceptors (Lipinski definition) is 6. The van der Waals surface area contributed by atoms with Crippen LogP contribution in [0.2, 0.25) is 0 Å². The zero-order valence-electron chi connectivity index (χ0n) is 21.9. The van der Waals surface area contributed by atoms with E-state index in [0.29, 0.717) is 54.3 Å². The van der Waals surface area contributed by atoms with Crippen molar-refractivity contribution >= 4 is 16.7 Å². The number of aromatic nitrogens is 3. The number of piperidine rings is 1. The number of fused-ring (bicyclic) bond motifs is 1. The fourth-order valence-electron chi connectivity index (χ4n) is 5.45. The molecule has 1 saturated heterocycles. The van der Waals surface area contributed by atoms with Gasteiger partial charge in [0.05, 0.1) is 39.0 Å². The van der Waals surface area contributed by atoms with E-state index < -0.39 is 11.7 Å². The maximum atomic E-state index is 13.9. The lowest BCUT2D eigenvalue weighted by Gasteiger charge is -2.35. The van der Waals surface area contributed by atoms with Gasteiger partial charge in [-0.2, -0.15) is 13.2 Å². The zero-order valence-corrected chi connectivity index (χ0v) is 21.9. The molecule has 39 heavy (non-hydrogen) atoms. The molecular weight excluding hydrogens is 513 g/mol. The molecule has 206 valence electrons. The second-order valence-electron chi connectivity index (χ2n) is 9.31. The van der Waals surface area contributed by atoms with Crippen LogP contribution in [0.5, 0.6) is 17.4 Å². The Morgan fingerprint density at radius 2 is 1.64 bits per heavy atom. The van der Waals surface area contributed by atoms with Gasteiger partial charge in [0.1, 0.15) is 22.7 Å². The number of benzene rings is 2. The summed E-state index contributed by atoms with van der Waals surface area (Å²) in [5.41, 5.74) is 0.726. The normalized spacial score (nSPS) is 14.6. The van der Waals surface area contributed by atoms with Gasteiger partial charge in [-0.1, -0.05) is 24.3 Å². The highest BCUT2D eigenvalue weighted by Crippen LogP contribution is 2.39. The fourth-order valence-corrected chi connectivity index (χ4v) is 5.45. The molecule has 0 amide bonds. The van der Waals surface area contributed by atoms with Crippen LogP contribution in [-0.4, -0.2) is 48.5 Å². The van der Waals surface area contributed by atoms with E-state index in [-0.39, 0.29) is 23.8 Å². The predicted octanol–water partition coefficient (Wildman–Crippen LogP) is 5.13. The van der Waals surface area contributed by atoms with Gasteiger partial charge in [-0.05, 0) is 36.6 Å². The summed E-state index contributed by atoms with van der Waals surface area (Å²) >= 11 is 0. The molecule has 2 aromatic carbocycles. The number of nitrogens with zero attached hydrogens (tertiary/aromatic N) is 4. The van der Waals surface area contributed by atoms with Crippen LogP contribution in [0.3, 0.4) is 0 Å². The lowest BCUT2D eigenvalue weighted by molar-refractivity contribution is -0.138. The van der Waals surface area contributed by atoms with Crippen molar-refractivity contribution in [2.24, 2.45) is 0 Å². The van der Waals surface area contributed by atoms with Crippen molar-refractivity contribution in [2.75, 3.05) is 39.3 Å². The molecule has 3 heterocycles. The van der Waals surface area contributed by atoms with Gasteiger partial charge in [0.25, 0.3) is 0 Å². The highest BCUT2D eigenvalue weighted by atomic mass is 19.4. The van der Waals surface area contributed by atoms with Gasteiger partial charge in [-0.3, -0.25) is 9.13 Å². The summed E-state index contributed by atoms with van der Waals surface area (Å²) < 4.78 is 60.9. The molecule has 1 fully saturated rings. The first-order valence-electron chi connectivity index (χ1n) is 12.5. The molecule has 0 spiro atoms. The maximum Gasteiger partial charge on any atom is 0.416 e. The molecule has 0 saturated carbocycles. The Bertz CT molecular complexity index is 1520. The van der Waals surface area contributed by atoms with Gasteiger partial charge in [-0.25, -0.2) is 9.78 Å². The summed E-state index contributed by atoms with van der Waals surface area (Å²) in [6.07, 6.45) is -1.68. The first-order valence-corrected chi connectivity index (χ1v) is 12.5. The molecule has 1 aliphatic heterocycles. The summed E-state index contributed by atoms with van der Waals surface area (Å²) in [6.45, 7) is 0.966. The van der Waals surface area contributed by atoms with Crippen LogP contribution in [0.1, 0.15) is 30.0 Å². The van der Waals surface area contributed by atoms with Crippen molar-refractivity contribution in [1.29, 1.82) is 0 Å². The Hall–Kier alpha value is -4.15. The molecule has 0 unspecified atom stereocenters. The molecule has 0 radical (unpaired) electrons. The molecule has 1 aliphatic rings. The zero-order chi connectivity index (χ0) is 27.7. The van der Waals surface area contributed by atoms with Crippen molar-refractivity contribution in [2.45, 2.75) is 31.6 Å². The minimum Gasteiger partial charge on any atom is -0.494 e. The van der Waals surface area contributed by atoms with E-state index in [2.05, 4.69) is 9.88 Å². The fraction of sp³-hybridized carbons (Fsp3) is 0.357. The van der Waals surface area contributed by atoms with Gasteiger partial charge in [0.15, 0.2) is 0 Å². The van der Waals surface area contributed by atoms with Crippen LogP contribution in [0.15, 0.2) is 59.5 Å². The summed E-state index contributed by atoms with van der Waals surface area (Å²) in [4.78, 5) is 20.3. The van der Waals surface area contributed by atoms with Crippen LogP contribution in [-0.2, 0) is 12.7 Å². The predicted molar refractivity (Wildman–Crippen MR) is 141 cm³/mol. The van der Waals surface area contributed by atoms with Crippen molar-refractivity contribution in [3.8, 4) is 17.4 Å². The summed E-state index contributed by atoms with van der Waals surface area (Å²) in [7, 11) is 4.62. The van der Waals surface area contributed by atoms with E-state index in [1.54, 1.807) is 49.2 Å². The van der Waals surface area contributed by atoms with E-state index in [1.807, 2.05) is 6.07 Å². The number of pyridine rings is 1. The third kappa shape index (κ3) is 4.77. The molecule has 4 aromatic rings. The molecule has 8 nitrogen and oxygen atoms in total. The largest absolute Gasteiger partial charge is 0.494 e. The summed E-state index contributed by atoms with van der Waals surface area (Å²) in [5, 5.41) is 0. The minimum absolute atomic E-state index is 0.0163. The van der Waals surface area contributed by atoms with E-state index in [4.69, 9.17) is 14.2 Å². The molecule has 0 aliphatic carbocycles. The highest BCUT2D eigenvalue weighted by Gasteiger charge is 2.34. The Morgan fingerprint density at radius 3 is 2.31 bits per heavy atom. The van der Waals surface area contributed by atoms with Gasteiger partial charge in [0.2, 0.25) is 5.88 Å². The third-order valence-corrected chi connectivity index (χ3v) is 7.23. The SMILES string of the molecule is COc1ccnc(OC)c1N1CCC(n2c(=O)n(Cc3ccccc3C(F)(F)F)c3c(OC)cccc32)CC1. The van der Waals surface area contributed by atoms with Crippen LogP contribution >= 0.6 is 0 Å². The second-order valence-corrected chi connectivity index (χ2v) is 9.31. The van der Waals surface area contributed by atoms with Gasteiger partial charge in [0, 0.05) is 31.4 Å². The minimum atomic E-state index is -4.54. The Balaban J connectivity index is 1.53. The Morgan fingerprint density at radius 1 is 0.923 bits per heavy atom. The number of hydrogen-bond donors (Lipinski definition) is 0. The number of para-hydroxylation sites is 1. The number of methoxy groups -OCH3 is 3. The quantitative estimate of drug-likeness (QED) is 0.323. The number of rotatable bonds is 7. The van der Waals surface area contributed by atoms with Crippen LogP contribution < -0.4 is 24.8 Å². The first-order chi connectivity index (χ1) is 18.8. The van der Waals surface area contributed by atoms with Crippen LogP contribution in [0, 0.1) is 0 Å². The van der Waals surface area contributed by atoms with Crippen molar-refractivity contribution in [3.05, 3.63) is 76.3 Å². The maximum absolute atomic E-state index is 13.9. The monoisotopic (exact) mass is 542 g/mol. The van der Waals surface area contributed by atoms with E-state index in [9.17, 15) is 18.0 Å². The summed E-state index contributed by atoms with van der Waals surface area (Å²) in [6, 6.07) is 12.2. The van der Waals surface area contributed by atoms with Crippen molar-refractivity contribution in [1.82, 2.24) is 14.1 Å². The average Bonchev–Trinajstić information content (AvgIpc) is 3.23. The Labute approximate surface area is 223 Å². The van der Waals surface area contributed by atoms with Crippen molar-refractivity contribution in [3.63, 3.8) is 0 Å². The first kappa shape index (κ1) is 26.5. The lowest BCUT2D eigenvalue weighted by atomic mass is 10.0. The lowest BCUT2D eigenvalue weighted by Crippen LogP contribution is -2.38. The van der Waals surface area contributed by atoms with Crippen LogP contribution in [0.25, 0.3) is 11.0 Å². The number of anilines is 1. The average molecular weight is 543 g/mol. The number of imidazole rings is 1. The van der Waals surface area contributed by atoms with Gasteiger partial charge < -0.3 is 19.1 Å². The molecule has 0 bridgehead atoms. The molecule has 0 N–H and O–H groups in total. The molecule has 0 atom stereocenters. The van der Waals surface area contributed by atoms with Crippen LogP contribution in [0.4, 0.5) is 18.9 Å². The topological polar surface area (TPSA) is 70.8 Å². The number of halogens is 3. The van der Waals surface area contributed by atoms with E-state index >= 15 is 0 Å². The standard InChI is InChI=1S/C28H29F3N4O4/c1-37-22-10-6-9-21-24(22)34(17-18-7-4-5-8-20(18)28(29,30)31)27(36)35(21)19-12-15-33(16-13-19)25-23(38-2)11-14-32-26(25)39-3/h4-11,14,19H,12-13,15-17H2,1-3H3. The number of ether oxygens (including phenoxy) is 3. The number of alkyl halides is 3. The van der Waals surface area contributed by atoms with E-state index in [1.165, 1.54) is 23.8 Å². The van der Waals surface area contributed by atoms with Gasteiger partial charge >= 0.3 is 11.9 Å². The second kappa shape index (κ2) is 10.5. The highest BCUT2D eigenvalue weighted by molar-refractivity contribution is 5.83. The smallest absolute Gasteiger partial charge is 0.416 e. The third-order valence-electron chi connectivity index (χ3n) is 7.23. The van der Waals surface area contributed by atoms with E-state index in [0.717, 1.165) is 11.8 Å². The molecule has 11 heteroatoms. The van der Waals surface area contributed by atoms with Gasteiger partial charge in [-0.15, -0.1) is 0 Å². The molecule has 2 aromatic heterocycles.